The van der Waals surface area contributed by atoms with Gasteiger partial charge in [0.1, 0.15) is 0 Å². The van der Waals surface area contributed by atoms with Crippen molar-refractivity contribution in [3.8, 4) is 0 Å². The van der Waals surface area contributed by atoms with Crippen LogP contribution in [-0.2, 0) is 25.8 Å². The predicted molar refractivity (Wildman–Crippen MR) is 99.0 cm³/mol. The summed E-state index contributed by atoms with van der Waals surface area (Å²) in [6.45, 7) is 4.57. The number of carbonyl (C=O) groups is 1. The van der Waals surface area contributed by atoms with Crippen LogP contribution in [0.4, 0.5) is 0 Å². The van der Waals surface area contributed by atoms with Crippen molar-refractivity contribution in [1.82, 2.24) is 20.0 Å². The van der Waals surface area contributed by atoms with E-state index in [9.17, 15) is 4.79 Å². The second-order valence-corrected chi connectivity index (χ2v) is 7.28. The van der Waals surface area contributed by atoms with E-state index in [-0.39, 0.29) is 5.91 Å². The third kappa shape index (κ3) is 2.89. The van der Waals surface area contributed by atoms with E-state index in [1.165, 1.54) is 23.1 Å². The van der Waals surface area contributed by atoms with Crippen molar-refractivity contribution in [3.63, 3.8) is 0 Å². The molecule has 0 aliphatic heterocycles. The lowest BCUT2D eigenvalue weighted by atomic mass is 9.87. The van der Waals surface area contributed by atoms with Crippen LogP contribution in [0.3, 0.4) is 0 Å². The molecule has 0 spiro atoms. The molecule has 0 saturated heterocycles. The summed E-state index contributed by atoms with van der Waals surface area (Å²) in [6, 6.07) is 5.97. The molecule has 1 amide bonds. The van der Waals surface area contributed by atoms with Gasteiger partial charge in [0.25, 0.3) is 5.91 Å². The number of hydrogen-bond donors (Lipinski definition) is 1. The molecule has 1 unspecified atom stereocenters. The van der Waals surface area contributed by atoms with Gasteiger partial charge in [0.15, 0.2) is 5.82 Å². The van der Waals surface area contributed by atoms with Crippen molar-refractivity contribution in [2.75, 3.05) is 7.05 Å². The molecule has 0 saturated carbocycles. The Kier molecular flexibility index (Phi) is 4.26. The molecule has 6 heteroatoms. The van der Waals surface area contributed by atoms with E-state index >= 15 is 0 Å². The Hall–Kier alpha value is -2.63. The summed E-state index contributed by atoms with van der Waals surface area (Å²) >= 11 is 0. The third-order valence-electron chi connectivity index (χ3n) is 5.25. The number of nitrogens with zero attached hydrogens (tertiary/aromatic N) is 3. The van der Waals surface area contributed by atoms with Gasteiger partial charge in [-0.05, 0) is 36.8 Å². The highest BCUT2D eigenvalue weighted by Gasteiger charge is 2.24. The Morgan fingerprint density at radius 3 is 3.04 bits per heavy atom. The zero-order valence-corrected chi connectivity index (χ0v) is 15.5. The molecule has 26 heavy (non-hydrogen) atoms. The fraction of sp³-hybridized carbons (Fsp3) is 0.450. The molecule has 6 nitrogen and oxygen atoms in total. The summed E-state index contributed by atoms with van der Waals surface area (Å²) in [4.78, 5) is 22.5. The lowest BCUT2D eigenvalue weighted by molar-refractivity contribution is 0.0771. The summed E-state index contributed by atoms with van der Waals surface area (Å²) in [5, 5.41) is 5.07. The predicted octanol–water partition coefficient (Wildman–Crippen LogP) is 3.51. The first kappa shape index (κ1) is 16.8. The van der Waals surface area contributed by atoms with E-state index in [1.807, 2.05) is 19.1 Å². The number of amides is 1. The molecule has 136 valence electrons. The van der Waals surface area contributed by atoms with Crippen molar-refractivity contribution in [1.29, 1.82) is 0 Å². The topological polar surface area (TPSA) is 75.0 Å². The number of aromatic amines is 1. The summed E-state index contributed by atoms with van der Waals surface area (Å²) in [5.41, 5.74) is 4.30. The normalized spacial score (nSPS) is 16.7. The molecule has 4 rings (SSSR count). The Bertz CT molecular complexity index is 956. The molecule has 2 heterocycles. The zero-order valence-electron chi connectivity index (χ0n) is 15.5. The van der Waals surface area contributed by atoms with E-state index in [1.54, 1.807) is 11.9 Å². The first-order valence-electron chi connectivity index (χ1n) is 9.26. The van der Waals surface area contributed by atoms with Gasteiger partial charge >= 0.3 is 0 Å². The van der Waals surface area contributed by atoms with E-state index in [2.05, 4.69) is 28.1 Å². The first-order valence-corrected chi connectivity index (χ1v) is 9.26. The molecule has 1 atom stereocenters. The van der Waals surface area contributed by atoms with Crippen molar-refractivity contribution in [2.24, 2.45) is 5.92 Å². The van der Waals surface area contributed by atoms with Crippen LogP contribution in [0.25, 0.3) is 10.9 Å². The van der Waals surface area contributed by atoms with Crippen LogP contribution in [0.5, 0.6) is 0 Å². The monoisotopic (exact) mass is 352 g/mol. The van der Waals surface area contributed by atoms with E-state index in [4.69, 9.17) is 4.52 Å². The van der Waals surface area contributed by atoms with Gasteiger partial charge in [-0.3, -0.25) is 4.79 Å². The SMILES string of the molecule is CCc1noc(CN(C)C(=O)c2cccc3c4c([nH]c23)CCC(C)C4)n1. The molecule has 2 aromatic heterocycles. The number of carbonyl (C=O) groups excluding carboxylic acids is 1. The van der Waals surface area contributed by atoms with Crippen LogP contribution in [0.1, 0.15) is 53.6 Å². The zero-order chi connectivity index (χ0) is 18.3. The van der Waals surface area contributed by atoms with E-state index in [0.29, 0.717) is 36.2 Å². The Morgan fingerprint density at radius 1 is 1.42 bits per heavy atom. The second-order valence-electron chi connectivity index (χ2n) is 7.28. The number of aryl methyl sites for hydroxylation is 2. The number of rotatable bonds is 4. The van der Waals surface area contributed by atoms with E-state index in [0.717, 1.165) is 18.4 Å². The van der Waals surface area contributed by atoms with Crippen LogP contribution >= 0.6 is 0 Å². The number of benzene rings is 1. The first-order chi connectivity index (χ1) is 12.6. The average molecular weight is 352 g/mol. The van der Waals surface area contributed by atoms with Gasteiger partial charge in [-0.25, -0.2) is 0 Å². The highest BCUT2D eigenvalue weighted by atomic mass is 16.5. The Labute approximate surface area is 152 Å². The number of H-pyrrole nitrogens is 1. The number of hydrogen-bond acceptors (Lipinski definition) is 4. The van der Waals surface area contributed by atoms with Crippen molar-refractivity contribution in [2.45, 2.75) is 46.1 Å². The number of para-hydroxylation sites is 1. The summed E-state index contributed by atoms with van der Waals surface area (Å²) < 4.78 is 5.21. The minimum absolute atomic E-state index is 0.0431. The average Bonchev–Trinajstić information content (AvgIpc) is 3.24. The largest absolute Gasteiger partial charge is 0.358 e. The van der Waals surface area contributed by atoms with Gasteiger partial charge in [0, 0.05) is 24.5 Å². The molecule has 0 fully saturated rings. The quantitative estimate of drug-likeness (QED) is 0.780. The minimum Gasteiger partial charge on any atom is -0.358 e. The van der Waals surface area contributed by atoms with Crippen LogP contribution in [-0.4, -0.2) is 33.0 Å². The molecular formula is C20H24N4O2. The van der Waals surface area contributed by atoms with E-state index < -0.39 is 0 Å². The van der Waals surface area contributed by atoms with Gasteiger partial charge < -0.3 is 14.4 Å². The van der Waals surface area contributed by atoms with Gasteiger partial charge in [-0.15, -0.1) is 0 Å². The lowest BCUT2D eigenvalue weighted by Gasteiger charge is -2.18. The number of fused-ring (bicyclic) bond motifs is 3. The summed E-state index contributed by atoms with van der Waals surface area (Å²) in [7, 11) is 1.77. The Balaban J connectivity index is 1.64. The fourth-order valence-electron chi connectivity index (χ4n) is 3.77. The molecule has 1 aliphatic carbocycles. The molecule has 1 N–H and O–H groups in total. The summed E-state index contributed by atoms with van der Waals surface area (Å²) in [6.07, 6.45) is 4.04. The van der Waals surface area contributed by atoms with Gasteiger partial charge in [-0.1, -0.05) is 31.1 Å². The van der Waals surface area contributed by atoms with Crippen LogP contribution in [0.15, 0.2) is 22.7 Å². The van der Waals surface area contributed by atoms with Gasteiger partial charge in [-0.2, -0.15) is 4.98 Å². The second kappa shape index (κ2) is 6.59. The smallest absolute Gasteiger partial charge is 0.256 e. The van der Waals surface area contributed by atoms with Crippen LogP contribution in [0, 0.1) is 5.92 Å². The molecular weight excluding hydrogens is 328 g/mol. The molecule has 3 aromatic rings. The Morgan fingerprint density at radius 2 is 2.27 bits per heavy atom. The number of aromatic nitrogens is 3. The van der Waals surface area contributed by atoms with Crippen molar-refractivity contribution < 1.29 is 9.32 Å². The highest BCUT2D eigenvalue weighted by molar-refractivity contribution is 6.06. The van der Waals surface area contributed by atoms with Crippen LogP contribution < -0.4 is 0 Å². The van der Waals surface area contributed by atoms with Gasteiger partial charge in [0.05, 0.1) is 17.6 Å². The maximum Gasteiger partial charge on any atom is 0.256 e. The third-order valence-corrected chi connectivity index (χ3v) is 5.25. The maximum absolute atomic E-state index is 13.0. The number of nitrogens with one attached hydrogen (secondary N) is 1. The van der Waals surface area contributed by atoms with Crippen molar-refractivity contribution in [3.05, 3.63) is 46.7 Å². The maximum atomic E-state index is 13.0. The van der Waals surface area contributed by atoms with Crippen molar-refractivity contribution >= 4 is 16.8 Å². The van der Waals surface area contributed by atoms with Gasteiger partial charge in [0.2, 0.25) is 5.89 Å². The highest BCUT2D eigenvalue weighted by Crippen LogP contribution is 2.33. The molecule has 1 aliphatic rings. The van der Waals surface area contributed by atoms with Crippen LogP contribution in [0.2, 0.25) is 0 Å². The fourth-order valence-corrected chi connectivity index (χ4v) is 3.77. The molecule has 0 radical (unpaired) electrons. The summed E-state index contributed by atoms with van der Waals surface area (Å²) in [5.74, 6) is 1.77. The lowest BCUT2D eigenvalue weighted by Crippen LogP contribution is -2.26. The molecule has 1 aromatic carbocycles. The minimum atomic E-state index is -0.0431. The standard InChI is InChI=1S/C20H24N4O2/c1-4-17-22-18(26-23-17)11-24(3)20(25)14-7-5-6-13-15-10-12(2)8-9-16(15)21-19(13)14/h5-7,12,21H,4,8-11H2,1-3H3. The molecule has 0 bridgehead atoms.